The zero-order valence-corrected chi connectivity index (χ0v) is 15.6. The van der Waals surface area contributed by atoms with E-state index in [1.807, 2.05) is 0 Å². The van der Waals surface area contributed by atoms with Gasteiger partial charge in [0.1, 0.15) is 0 Å². The van der Waals surface area contributed by atoms with Gasteiger partial charge in [0.05, 0.1) is 19.6 Å². The van der Waals surface area contributed by atoms with Gasteiger partial charge >= 0.3 is 0 Å². The zero-order valence-electron chi connectivity index (χ0n) is 13.5. The normalized spacial score (nSPS) is 11.4. The molecule has 0 aromatic carbocycles. The van der Waals surface area contributed by atoms with Crippen LogP contribution in [0, 0.1) is 0 Å². The lowest BCUT2D eigenvalue weighted by Gasteiger charge is -2.37. The van der Waals surface area contributed by atoms with Gasteiger partial charge in [-0.05, 0) is 38.5 Å². The van der Waals surface area contributed by atoms with E-state index < -0.39 is 0 Å². The Morgan fingerprint density at radius 2 is 0.947 bits per heavy atom. The lowest BCUT2D eigenvalue weighted by molar-refractivity contribution is -0.945. The molecule has 0 aromatic heterocycles. The summed E-state index contributed by atoms with van der Waals surface area (Å²) in [6, 6.07) is 0. The molecule has 0 radical (unpaired) electrons. The summed E-state index contributed by atoms with van der Waals surface area (Å²) >= 11 is 0. The van der Waals surface area contributed by atoms with Crippen LogP contribution in [0.5, 0.6) is 0 Å². The maximum Gasteiger partial charge on any atom is 0.180 e. The Bertz CT molecular complexity index is 150. The van der Waals surface area contributed by atoms with Crippen molar-refractivity contribution < 1.29 is 33.6 Å². The highest BCUT2D eigenvalue weighted by molar-refractivity contribution is 4.47. The minimum Gasteiger partial charge on any atom is -1.00 e. The van der Waals surface area contributed by atoms with Crippen LogP contribution in [0.4, 0.5) is 0 Å². The predicted molar refractivity (Wildman–Crippen MR) is 80.5 cm³/mol. The fourth-order valence-electron chi connectivity index (χ4n) is 2.64. The molecule has 0 saturated carbocycles. The van der Waals surface area contributed by atoms with Gasteiger partial charge in [-0.3, -0.25) is 0 Å². The Kier molecular flexibility index (Phi) is 17.4. The van der Waals surface area contributed by atoms with Gasteiger partial charge in [-0.15, -0.1) is 0 Å². The molecule has 0 aliphatic rings. The van der Waals surface area contributed by atoms with Gasteiger partial charge in [-0.25, -0.2) is 0 Å². The van der Waals surface area contributed by atoms with E-state index in [-0.39, 0.29) is 24.0 Å². The van der Waals surface area contributed by atoms with Gasteiger partial charge in [0.25, 0.3) is 0 Å². The Balaban J connectivity index is 0. The van der Waals surface area contributed by atoms with Crippen molar-refractivity contribution in [3.8, 4) is 0 Å². The topological polar surface area (TPSA) is 20.2 Å². The van der Waals surface area contributed by atoms with E-state index in [1.54, 1.807) is 0 Å². The molecule has 2 nitrogen and oxygen atoms in total. The fraction of sp³-hybridized carbons (Fsp3) is 1.00. The third kappa shape index (κ3) is 11.0. The summed E-state index contributed by atoms with van der Waals surface area (Å²) in [7, 11) is 0. The Labute approximate surface area is 138 Å². The molecule has 0 saturated heterocycles. The summed E-state index contributed by atoms with van der Waals surface area (Å²) in [5.74, 6) is 0. The molecule has 0 atom stereocenters. The van der Waals surface area contributed by atoms with Gasteiger partial charge in [-0.1, -0.05) is 40.0 Å². The number of hydrogen-bond acceptors (Lipinski definition) is 1. The van der Waals surface area contributed by atoms with E-state index in [0.29, 0.717) is 6.73 Å². The van der Waals surface area contributed by atoms with Crippen molar-refractivity contribution in [1.82, 2.24) is 0 Å². The van der Waals surface area contributed by atoms with Crippen molar-refractivity contribution in [2.75, 3.05) is 26.4 Å². The van der Waals surface area contributed by atoms with Gasteiger partial charge in [-0.2, -0.15) is 0 Å². The Hall–Kier alpha value is 0.650. The molecule has 0 spiro atoms. The molecule has 0 aliphatic heterocycles. The number of halogens is 1. The first-order valence-corrected chi connectivity index (χ1v) is 8.20. The van der Waals surface area contributed by atoms with Crippen molar-refractivity contribution in [3.63, 3.8) is 0 Å². The molecular weight excluding hydrogens is 349 g/mol. The number of nitrogens with zero attached hydrogens (tertiary/aromatic N) is 1. The molecule has 0 rings (SSSR count). The molecule has 1 N–H and O–H groups in total. The molecule has 0 bridgehead atoms. The number of quaternary nitrogens is 1. The van der Waals surface area contributed by atoms with Crippen molar-refractivity contribution >= 4 is 0 Å². The van der Waals surface area contributed by atoms with Crippen LogP contribution in [0.2, 0.25) is 0 Å². The highest BCUT2D eigenvalue weighted by Crippen LogP contribution is 2.15. The van der Waals surface area contributed by atoms with Crippen LogP contribution in [0.3, 0.4) is 0 Å². The van der Waals surface area contributed by atoms with E-state index in [1.165, 1.54) is 77.4 Å². The number of aliphatic hydroxyl groups excluding tert-OH is 1. The van der Waals surface area contributed by atoms with Crippen LogP contribution >= 0.6 is 0 Å². The Morgan fingerprint density at radius 1 is 0.632 bits per heavy atom. The highest BCUT2D eigenvalue weighted by Gasteiger charge is 2.24. The van der Waals surface area contributed by atoms with Crippen molar-refractivity contribution in [1.29, 1.82) is 0 Å². The lowest BCUT2D eigenvalue weighted by Crippen LogP contribution is -3.00. The number of hydrogen-bond donors (Lipinski definition) is 1. The molecule has 118 valence electrons. The second kappa shape index (κ2) is 15.0. The second-order valence-corrected chi connectivity index (χ2v) is 5.78. The molecule has 3 heteroatoms. The standard InChI is InChI=1S/C16H36NO.HI/c1-4-7-10-13-17(16-18,14-11-8-5-2)15-12-9-6-3;/h18H,4-16H2,1-3H3;1H/q+1;/p-1. The smallest absolute Gasteiger partial charge is 0.180 e. The first-order chi connectivity index (χ1) is 8.74. The van der Waals surface area contributed by atoms with Gasteiger partial charge in [0.15, 0.2) is 6.73 Å². The van der Waals surface area contributed by atoms with Crippen LogP contribution in [0.1, 0.15) is 78.6 Å². The van der Waals surface area contributed by atoms with Crippen molar-refractivity contribution in [2.24, 2.45) is 0 Å². The van der Waals surface area contributed by atoms with Crippen LogP contribution in [0.25, 0.3) is 0 Å². The van der Waals surface area contributed by atoms with Gasteiger partial charge in [0, 0.05) is 0 Å². The predicted octanol–water partition coefficient (Wildman–Crippen LogP) is 1.33. The van der Waals surface area contributed by atoms with Crippen molar-refractivity contribution in [3.05, 3.63) is 0 Å². The minimum atomic E-state index is 0. The van der Waals surface area contributed by atoms with Gasteiger partial charge in [0.2, 0.25) is 0 Å². The van der Waals surface area contributed by atoms with E-state index in [4.69, 9.17) is 0 Å². The summed E-state index contributed by atoms with van der Waals surface area (Å²) in [6.45, 7) is 10.6. The van der Waals surface area contributed by atoms with E-state index >= 15 is 0 Å². The molecule has 19 heavy (non-hydrogen) atoms. The summed E-state index contributed by atoms with van der Waals surface area (Å²) in [5, 5.41) is 9.85. The SMILES string of the molecule is CCCCC[N+](CO)(CCCCC)CCCCC.[I-]. The average Bonchev–Trinajstić information content (AvgIpc) is 2.39. The summed E-state index contributed by atoms with van der Waals surface area (Å²) < 4.78 is 0.958. The van der Waals surface area contributed by atoms with Gasteiger partial charge < -0.3 is 33.6 Å². The maximum absolute atomic E-state index is 9.85. The average molecular weight is 385 g/mol. The maximum atomic E-state index is 9.85. The highest BCUT2D eigenvalue weighted by atomic mass is 127. The Morgan fingerprint density at radius 3 is 1.16 bits per heavy atom. The summed E-state index contributed by atoms with van der Waals surface area (Å²) in [4.78, 5) is 0. The number of aliphatic hydroxyl groups is 1. The number of rotatable bonds is 13. The molecular formula is C16H36INO. The molecule has 0 amide bonds. The van der Waals surface area contributed by atoms with Crippen LogP contribution in [-0.2, 0) is 0 Å². The fourth-order valence-corrected chi connectivity index (χ4v) is 2.64. The van der Waals surface area contributed by atoms with Crippen LogP contribution in [0.15, 0.2) is 0 Å². The van der Waals surface area contributed by atoms with E-state index in [9.17, 15) is 5.11 Å². The van der Waals surface area contributed by atoms with E-state index in [0.717, 1.165) is 4.48 Å². The number of unbranched alkanes of at least 4 members (excludes halogenated alkanes) is 6. The third-order valence-electron chi connectivity index (χ3n) is 4.01. The molecule has 0 aromatic rings. The minimum absolute atomic E-state index is 0. The first-order valence-electron chi connectivity index (χ1n) is 8.20. The third-order valence-corrected chi connectivity index (χ3v) is 4.01. The molecule has 0 aliphatic carbocycles. The molecule has 0 fully saturated rings. The summed E-state index contributed by atoms with van der Waals surface area (Å²) in [5.41, 5.74) is 0. The van der Waals surface area contributed by atoms with Crippen LogP contribution in [-0.4, -0.2) is 36.0 Å². The van der Waals surface area contributed by atoms with E-state index in [2.05, 4.69) is 20.8 Å². The monoisotopic (exact) mass is 385 g/mol. The largest absolute Gasteiger partial charge is 1.00 e. The summed E-state index contributed by atoms with van der Waals surface area (Å²) in [6.07, 6.45) is 11.6. The first kappa shape index (κ1) is 21.9. The molecule has 0 heterocycles. The van der Waals surface area contributed by atoms with Crippen molar-refractivity contribution in [2.45, 2.75) is 78.6 Å². The molecule has 0 unspecified atom stereocenters. The zero-order chi connectivity index (χ0) is 13.7. The quantitative estimate of drug-likeness (QED) is 0.220. The lowest BCUT2D eigenvalue weighted by atomic mass is 10.1. The second-order valence-electron chi connectivity index (χ2n) is 5.78. The van der Waals surface area contributed by atoms with Crippen LogP contribution < -0.4 is 24.0 Å².